The highest BCUT2D eigenvalue weighted by Gasteiger charge is 2.21. The van der Waals surface area contributed by atoms with Crippen LogP contribution in [0, 0.1) is 0 Å². The number of hydrogen-bond donors (Lipinski definition) is 2. The van der Waals surface area contributed by atoms with Gasteiger partial charge in [-0.05, 0) is 36.2 Å². The van der Waals surface area contributed by atoms with Crippen LogP contribution in [0.1, 0.15) is 12.0 Å². The summed E-state index contributed by atoms with van der Waals surface area (Å²) in [5, 5.41) is 12.3. The number of nitrogens with zero attached hydrogens (tertiary/aromatic N) is 1. The van der Waals surface area contributed by atoms with Gasteiger partial charge in [0, 0.05) is 18.8 Å². The van der Waals surface area contributed by atoms with Gasteiger partial charge < -0.3 is 15.2 Å². The Kier molecular flexibility index (Phi) is 5.46. The number of ether oxygens (including phenoxy) is 1. The predicted molar refractivity (Wildman–Crippen MR) is 92.9 cm³/mol. The lowest BCUT2D eigenvalue weighted by molar-refractivity contribution is -0.117. The van der Waals surface area contributed by atoms with E-state index < -0.39 is 0 Å². The third-order valence-corrected chi connectivity index (χ3v) is 4.00. The fraction of sp³-hybridized carbons (Fsp3) is 0.316. The van der Waals surface area contributed by atoms with E-state index in [1.807, 2.05) is 59.5 Å². The van der Waals surface area contributed by atoms with Gasteiger partial charge in [0.15, 0.2) is 0 Å². The number of carbonyl (C=O) groups is 1. The van der Waals surface area contributed by atoms with Gasteiger partial charge >= 0.3 is 0 Å². The van der Waals surface area contributed by atoms with Gasteiger partial charge in [-0.1, -0.05) is 30.3 Å². The van der Waals surface area contributed by atoms with Crippen molar-refractivity contribution in [3.05, 3.63) is 60.2 Å². The number of carbonyl (C=O) groups excluding carboxylic acids is 1. The first-order valence-electron chi connectivity index (χ1n) is 8.16. The molecule has 1 aliphatic heterocycles. The van der Waals surface area contributed by atoms with Crippen LogP contribution in [0.2, 0.25) is 0 Å². The minimum absolute atomic E-state index is 0.0675. The maximum Gasteiger partial charge on any atom is 0.238 e. The van der Waals surface area contributed by atoms with Gasteiger partial charge in [0.25, 0.3) is 0 Å². The lowest BCUT2D eigenvalue weighted by Gasteiger charge is -2.14. The van der Waals surface area contributed by atoms with Gasteiger partial charge in [-0.3, -0.25) is 9.69 Å². The van der Waals surface area contributed by atoms with Gasteiger partial charge in [0.2, 0.25) is 5.91 Å². The van der Waals surface area contributed by atoms with Crippen molar-refractivity contribution in [1.29, 1.82) is 0 Å². The Morgan fingerprint density at radius 1 is 1.17 bits per heavy atom. The smallest absolute Gasteiger partial charge is 0.238 e. The molecule has 0 radical (unpaired) electrons. The third kappa shape index (κ3) is 4.81. The fourth-order valence-electron chi connectivity index (χ4n) is 2.73. The first-order chi connectivity index (χ1) is 11.7. The maximum atomic E-state index is 12.0. The molecule has 126 valence electrons. The van der Waals surface area contributed by atoms with Gasteiger partial charge in [-0.25, -0.2) is 0 Å². The number of β-amino-alcohol motifs (C(OH)–C–C–N with tert-alkyl or cyclic N) is 1. The van der Waals surface area contributed by atoms with E-state index in [2.05, 4.69) is 5.32 Å². The highest BCUT2D eigenvalue weighted by Crippen LogP contribution is 2.17. The van der Waals surface area contributed by atoms with E-state index in [9.17, 15) is 9.90 Å². The highest BCUT2D eigenvalue weighted by atomic mass is 16.5. The minimum Gasteiger partial charge on any atom is -0.489 e. The van der Waals surface area contributed by atoms with Gasteiger partial charge in [0.1, 0.15) is 12.4 Å². The molecular weight excluding hydrogens is 304 g/mol. The van der Waals surface area contributed by atoms with Crippen molar-refractivity contribution >= 4 is 11.6 Å². The summed E-state index contributed by atoms with van der Waals surface area (Å²) in [4.78, 5) is 14.0. The summed E-state index contributed by atoms with van der Waals surface area (Å²) in [6, 6.07) is 17.3. The fourth-order valence-corrected chi connectivity index (χ4v) is 2.73. The molecule has 1 fully saturated rings. The molecule has 0 spiro atoms. The Balaban J connectivity index is 1.46. The Labute approximate surface area is 141 Å². The number of amides is 1. The number of rotatable bonds is 6. The summed E-state index contributed by atoms with van der Waals surface area (Å²) in [5.74, 6) is 0.696. The zero-order valence-corrected chi connectivity index (χ0v) is 13.5. The summed E-state index contributed by atoms with van der Waals surface area (Å²) in [6.07, 6.45) is 0.430. The zero-order chi connectivity index (χ0) is 16.8. The number of hydrogen-bond acceptors (Lipinski definition) is 4. The number of aliphatic hydroxyl groups is 1. The molecule has 2 N–H and O–H groups in total. The Morgan fingerprint density at radius 2 is 1.92 bits per heavy atom. The molecule has 0 unspecified atom stereocenters. The van der Waals surface area contributed by atoms with E-state index in [0.717, 1.165) is 30.0 Å². The molecule has 1 aliphatic rings. The molecule has 5 nitrogen and oxygen atoms in total. The molecule has 1 atom stereocenters. The zero-order valence-electron chi connectivity index (χ0n) is 13.5. The van der Waals surface area contributed by atoms with Crippen LogP contribution in [-0.4, -0.2) is 41.7 Å². The predicted octanol–water partition coefficient (Wildman–Crippen LogP) is 2.27. The Morgan fingerprint density at radius 3 is 2.58 bits per heavy atom. The van der Waals surface area contributed by atoms with Crippen molar-refractivity contribution in [2.24, 2.45) is 0 Å². The Bertz CT molecular complexity index is 658. The van der Waals surface area contributed by atoms with Crippen molar-refractivity contribution in [2.75, 3.05) is 25.0 Å². The lowest BCUT2D eigenvalue weighted by Crippen LogP contribution is -2.32. The molecule has 24 heavy (non-hydrogen) atoms. The van der Waals surface area contributed by atoms with Gasteiger partial charge in [-0.2, -0.15) is 0 Å². The molecule has 2 aromatic carbocycles. The second-order valence-corrected chi connectivity index (χ2v) is 6.02. The molecular formula is C19H22N2O3. The van der Waals surface area contributed by atoms with E-state index in [0.29, 0.717) is 19.7 Å². The molecule has 0 aliphatic carbocycles. The second-order valence-electron chi connectivity index (χ2n) is 6.02. The summed E-state index contributed by atoms with van der Waals surface area (Å²) in [6.45, 7) is 2.16. The number of likely N-dealkylation sites (tertiary alicyclic amines) is 1. The van der Waals surface area contributed by atoms with Gasteiger partial charge in [-0.15, -0.1) is 0 Å². The maximum absolute atomic E-state index is 12.0. The van der Waals surface area contributed by atoms with Crippen LogP contribution in [-0.2, 0) is 11.4 Å². The highest BCUT2D eigenvalue weighted by molar-refractivity contribution is 5.92. The molecule has 1 saturated heterocycles. The van der Waals surface area contributed by atoms with Crippen LogP contribution in [0.3, 0.4) is 0 Å². The van der Waals surface area contributed by atoms with E-state index in [-0.39, 0.29) is 12.0 Å². The van der Waals surface area contributed by atoms with Crippen molar-refractivity contribution in [1.82, 2.24) is 4.90 Å². The standard InChI is InChI=1S/C19H22N2O3/c22-17-10-11-21(12-17)13-19(23)20-16-6-8-18(9-7-16)24-14-15-4-2-1-3-5-15/h1-9,17,22H,10-14H2,(H,20,23)/t17-/m0/s1. The normalized spacial score (nSPS) is 17.6. The summed E-state index contributed by atoms with van der Waals surface area (Å²) < 4.78 is 5.72. The number of aliphatic hydroxyl groups excluding tert-OH is 1. The summed E-state index contributed by atoms with van der Waals surface area (Å²) in [7, 11) is 0. The van der Waals surface area contributed by atoms with Crippen molar-refractivity contribution in [2.45, 2.75) is 19.1 Å². The summed E-state index contributed by atoms with van der Waals surface area (Å²) >= 11 is 0. The van der Waals surface area contributed by atoms with Crippen LogP contribution >= 0.6 is 0 Å². The van der Waals surface area contributed by atoms with E-state index in [4.69, 9.17) is 4.74 Å². The first kappa shape index (κ1) is 16.5. The Hall–Kier alpha value is -2.37. The van der Waals surface area contributed by atoms with Crippen molar-refractivity contribution < 1.29 is 14.6 Å². The average Bonchev–Trinajstić information content (AvgIpc) is 3.00. The minimum atomic E-state index is -0.307. The third-order valence-electron chi connectivity index (χ3n) is 4.00. The van der Waals surface area contributed by atoms with Crippen LogP contribution in [0.5, 0.6) is 5.75 Å². The quantitative estimate of drug-likeness (QED) is 0.855. The van der Waals surface area contributed by atoms with E-state index in [1.165, 1.54) is 0 Å². The number of anilines is 1. The topological polar surface area (TPSA) is 61.8 Å². The van der Waals surface area contributed by atoms with Crippen LogP contribution < -0.4 is 10.1 Å². The SMILES string of the molecule is O=C(CN1CC[C@H](O)C1)Nc1ccc(OCc2ccccc2)cc1. The van der Waals surface area contributed by atoms with Crippen LogP contribution in [0.4, 0.5) is 5.69 Å². The lowest BCUT2D eigenvalue weighted by atomic mass is 10.2. The summed E-state index contributed by atoms with van der Waals surface area (Å²) in [5.41, 5.74) is 1.86. The molecule has 0 aromatic heterocycles. The van der Waals surface area contributed by atoms with E-state index >= 15 is 0 Å². The number of benzene rings is 2. The molecule has 0 bridgehead atoms. The van der Waals surface area contributed by atoms with E-state index in [1.54, 1.807) is 0 Å². The largest absolute Gasteiger partial charge is 0.489 e. The van der Waals surface area contributed by atoms with Crippen molar-refractivity contribution in [3.8, 4) is 5.75 Å². The van der Waals surface area contributed by atoms with Crippen molar-refractivity contribution in [3.63, 3.8) is 0 Å². The molecule has 3 rings (SSSR count). The number of nitrogens with one attached hydrogen (secondary N) is 1. The molecule has 0 saturated carbocycles. The second kappa shape index (κ2) is 7.95. The average molecular weight is 326 g/mol. The molecule has 1 amide bonds. The monoisotopic (exact) mass is 326 g/mol. The van der Waals surface area contributed by atoms with Crippen LogP contribution in [0.25, 0.3) is 0 Å². The molecule has 1 heterocycles. The molecule has 5 heteroatoms. The first-order valence-corrected chi connectivity index (χ1v) is 8.16. The molecule has 2 aromatic rings. The van der Waals surface area contributed by atoms with Crippen LogP contribution in [0.15, 0.2) is 54.6 Å². The van der Waals surface area contributed by atoms with Gasteiger partial charge in [0.05, 0.1) is 12.6 Å².